The molecule has 5 heterocycles. The lowest BCUT2D eigenvalue weighted by Gasteiger charge is -2.28. The predicted octanol–water partition coefficient (Wildman–Crippen LogP) is 2.13. The average Bonchev–Trinajstić information content (AvgIpc) is 3.46. The minimum Gasteiger partial charge on any atom is -0.385 e. The van der Waals surface area contributed by atoms with Crippen LogP contribution in [0.3, 0.4) is 0 Å². The molecule has 2 aliphatic rings. The van der Waals surface area contributed by atoms with E-state index in [1.165, 1.54) is 0 Å². The second kappa shape index (κ2) is 9.18. The molecule has 10 heteroatoms. The molecule has 0 saturated carbocycles. The van der Waals surface area contributed by atoms with Crippen LogP contribution in [0.1, 0.15) is 37.5 Å². The maximum Gasteiger partial charge on any atom is 0.239 e. The van der Waals surface area contributed by atoms with Gasteiger partial charge in [-0.15, -0.1) is 0 Å². The molecule has 10 nitrogen and oxygen atoms in total. The van der Waals surface area contributed by atoms with Crippen LogP contribution in [0.5, 0.6) is 0 Å². The first-order valence-corrected chi connectivity index (χ1v) is 12.6. The van der Waals surface area contributed by atoms with E-state index >= 15 is 0 Å². The number of aliphatic hydroxyl groups excluding tert-OH is 1. The highest BCUT2D eigenvalue weighted by Crippen LogP contribution is 2.33. The van der Waals surface area contributed by atoms with Crippen molar-refractivity contribution in [3.8, 4) is 5.95 Å². The normalized spacial score (nSPS) is 18.5. The lowest BCUT2D eigenvalue weighted by molar-refractivity contribution is 0.0791. The average molecular weight is 477 g/mol. The number of aliphatic hydroxyl groups is 1. The molecule has 0 bridgehead atoms. The van der Waals surface area contributed by atoms with E-state index in [9.17, 15) is 5.11 Å². The summed E-state index contributed by atoms with van der Waals surface area (Å²) in [7, 11) is 1.95. The largest absolute Gasteiger partial charge is 0.385 e. The second-order valence-electron chi connectivity index (χ2n) is 9.39. The SMILES string of the molecule is CCc1nc2ccccc2n1-c1nc(N2CCOCC2)c2nc(C(O)C3CCNCC3)n(C)c2n1. The number of morpholine rings is 1. The number of benzene rings is 1. The zero-order chi connectivity index (χ0) is 23.9. The number of nitrogens with one attached hydrogen (secondary N) is 1. The van der Waals surface area contributed by atoms with Gasteiger partial charge >= 0.3 is 0 Å². The van der Waals surface area contributed by atoms with Gasteiger partial charge in [0.05, 0.1) is 24.2 Å². The van der Waals surface area contributed by atoms with Crippen LogP contribution in [0.25, 0.3) is 28.1 Å². The Morgan fingerprint density at radius 3 is 2.63 bits per heavy atom. The molecular weight excluding hydrogens is 444 g/mol. The zero-order valence-corrected chi connectivity index (χ0v) is 20.3. The molecule has 0 amide bonds. The van der Waals surface area contributed by atoms with Crippen molar-refractivity contribution in [2.75, 3.05) is 44.3 Å². The Balaban J connectivity index is 1.55. The van der Waals surface area contributed by atoms with Crippen molar-refractivity contribution in [3.63, 3.8) is 0 Å². The first-order valence-electron chi connectivity index (χ1n) is 12.6. The fraction of sp³-hybridized carbons (Fsp3) is 0.520. The van der Waals surface area contributed by atoms with Gasteiger partial charge in [0.25, 0.3) is 0 Å². The number of rotatable bonds is 5. The van der Waals surface area contributed by atoms with Gasteiger partial charge in [-0.3, -0.25) is 4.57 Å². The van der Waals surface area contributed by atoms with Crippen LogP contribution in [-0.2, 0) is 18.2 Å². The molecule has 6 rings (SSSR count). The molecule has 3 aromatic heterocycles. The Kier molecular flexibility index (Phi) is 5.87. The molecule has 2 aliphatic heterocycles. The zero-order valence-electron chi connectivity index (χ0n) is 20.3. The molecule has 0 aliphatic carbocycles. The lowest BCUT2D eigenvalue weighted by Crippen LogP contribution is -2.37. The van der Waals surface area contributed by atoms with Crippen molar-refractivity contribution in [3.05, 3.63) is 35.9 Å². The minimum absolute atomic E-state index is 0.176. The van der Waals surface area contributed by atoms with Crippen LogP contribution in [0, 0.1) is 5.92 Å². The molecule has 1 aromatic carbocycles. The van der Waals surface area contributed by atoms with Gasteiger partial charge in [0, 0.05) is 26.6 Å². The third-order valence-corrected chi connectivity index (χ3v) is 7.28. The summed E-state index contributed by atoms with van der Waals surface area (Å²) < 4.78 is 9.60. The van der Waals surface area contributed by atoms with E-state index < -0.39 is 6.10 Å². The fourth-order valence-electron chi connectivity index (χ4n) is 5.32. The summed E-state index contributed by atoms with van der Waals surface area (Å²) in [4.78, 5) is 22.1. The molecular formula is C25H32N8O2. The molecule has 1 atom stereocenters. The molecule has 4 aromatic rings. The van der Waals surface area contributed by atoms with E-state index in [0.29, 0.717) is 25.0 Å². The number of anilines is 1. The van der Waals surface area contributed by atoms with Gasteiger partial charge in [-0.05, 0) is 44.0 Å². The number of ether oxygens (including phenoxy) is 1. The van der Waals surface area contributed by atoms with Gasteiger partial charge in [0.2, 0.25) is 5.95 Å². The van der Waals surface area contributed by atoms with Crippen molar-refractivity contribution >= 4 is 28.0 Å². The van der Waals surface area contributed by atoms with Gasteiger partial charge in [-0.25, -0.2) is 9.97 Å². The van der Waals surface area contributed by atoms with Crippen LogP contribution >= 0.6 is 0 Å². The number of hydrogen-bond donors (Lipinski definition) is 2. The summed E-state index contributed by atoms with van der Waals surface area (Å²) in [5.41, 5.74) is 3.35. The third-order valence-electron chi connectivity index (χ3n) is 7.28. The Bertz CT molecular complexity index is 1350. The summed E-state index contributed by atoms with van der Waals surface area (Å²) in [6.07, 6.45) is 1.97. The second-order valence-corrected chi connectivity index (χ2v) is 9.39. The highest BCUT2D eigenvalue weighted by molar-refractivity contribution is 5.86. The van der Waals surface area contributed by atoms with Crippen LogP contribution in [0.15, 0.2) is 24.3 Å². The topological polar surface area (TPSA) is 106 Å². The number of para-hydroxylation sites is 2. The van der Waals surface area contributed by atoms with Crippen molar-refractivity contribution < 1.29 is 9.84 Å². The molecule has 1 unspecified atom stereocenters. The van der Waals surface area contributed by atoms with Gasteiger partial charge in [-0.2, -0.15) is 9.97 Å². The van der Waals surface area contributed by atoms with Crippen molar-refractivity contribution in [2.24, 2.45) is 13.0 Å². The quantitative estimate of drug-likeness (QED) is 0.451. The Morgan fingerprint density at radius 2 is 1.86 bits per heavy atom. The number of imidazole rings is 2. The monoisotopic (exact) mass is 476 g/mol. The Morgan fingerprint density at radius 1 is 1.09 bits per heavy atom. The van der Waals surface area contributed by atoms with Crippen LogP contribution < -0.4 is 10.2 Å². The number of hydrogen-bond acceptors (Lipinski definition) is 8. The number of nitrogens with zero attached hydrogens (tertiary/aromatic N) is 7. The van der Waals surface area contributed by atoms with Crippen molar-refractivity contribution in [1.29, 1.82) is 0 Å². The Labute approximate surface area is 204 Å². The number of piperidine rings is 1. The summed E-state index contributed by atoms with van der Waals surface area (Å²) in [5.74, 6) is 3.10. The van der Waals surface area contributed by atoms with Crippen molar-refractivity contribution in [1.82, 2.24) is 34.4 Å². The standard InChI is InChI=1S/C25H32N8O2/c1-3-19-27-17-6-4-5-7-18(17)33(19)25-29-22-20(23(30-25)32-12-14-35-15-13-32)28-24(31(22)2)21(34)16-8-10-26-11-9-16/h4-7,16,21,26,34H,3,8-15H2,1-2H3. The van der Waals surface area contributed by atoms with Gasteiger partial charge in [0.1, 0.15) is 17.8 Å². The minimum atomic E-state index is -0.641. The summed E-state index contributed by atoms with van der Waals surface area (Å²) in [6.45, 7) is 6.69. The van der Waals surface area contributed by atoms with E-state index in [4.69, 9.17) is 24.7 Å². The molecule has 2 fully saturated rings. The van der Waals surface area contributed by atoms with Crippen LogP contribution in [0.4, 0.5) is 5.82 Å². The molecule has 2 saturated heterocycles. The first-order chi connectivity index (χ1) is 17.2. The van der Waals surface area contributed by atoms with Gasteiger partial charge < -0.3 is 24.6 Å². The smallest absolute Gasteiger partial charge is 0.239 e. The first kappa shape index (κ1) is 22.4. The van der Waals surface area contributed by atoms with Gasteiger partial charge in [-0.1, -0.05) is 19.1 Å². The highest BCUT2D eigenvalue weighted by Gasteiger charge is 2.30. The number of fused-ring (bicyclic) bond motifs is 2. The molecule has 0 spiro atoms. The van der Waals surface area contributed by atoms with E-state index in [2.05, 4.69) is 27.8 Å². The highest BCUT2D eigenvalue weighted by atomic mass is 16.5. The van der Waals surface area contributed by atoms with Crippen LogP contribution in [-0.4, -0.2) is 73.6 Å². The maximum atomic E-state index is 11.3. The predicted molar refractivity (Wildman–Crippen MR) is 134 cm³/mol. The molecule has 35 heavy (non-hydrogen) atoms. The number of aromatic nitrogens is 6. The number of aryl methyl sites for hydroxylation is 2. The summed E-state index contributed by atoms with van der Waals surface area (Å²) >= 11 is 0. The lowest BCUT2D eigenvalue weighted by atomic mass is 9.92. The van der Waals surface area contributed by atoms with E-state index in [0.717, 1.165) is 79.3 Å². The fourth-order valence-corrected chi connectivity index (χ4v) is 5.32. The maximum absolute atomic E-state index is 11.3. The Hall–Kier alpha value is -3.08. The van der Waals surface area contributed by atoms with E-state index in [1.54, 1.807) is 0 Å². The van der Waals surface area contributed by atoms with Gasteiger partial charge in [0.15, 0.2) is 17.0 Å². The molecule has 2 N–H and O–H groups in total. The van der Waals surface area contributed by atoms with E-state index in [1.807, 2.05) is 29.8 Å². The summed E-state index contributed by atoms with van der Waals surface area (Å²) in [6, 6.07) is 8.08. The molecule has 184 valence electrons. The third kappa shape index (κ3) is 3.85. The summed E-state index contributed by atoms with van der Waals surface area (Å²) in [5, 5.41) is 14.7. The van der Waals surface area contributed by atoms with Crippen molar-refractivity contribution in [2.45, 2.75) is 32.3 Å². The van der Waals surface area contributed by atoms with E-state index in [-0.39, 0.29) is 5.92 Å². The molecule has 0 radical (unpaired) electrons. The van der Waals surface area contributed by atoms with Crippen LogP contribution in [0.2, 0.25) is 0 Å².